The normalized spacial score (nSPS) is 17.2. The molecule has 0 bridgehead atoms. The molecule has 0 aromatic heterocycles. The van der Waals surface area contributed by atoms with Crippen LogP contribution in [0.4, 0.5) is 26.3 Å². The summed E-state index contributed by atoms with van der Waals surface area (Å²) in [4.78, 5) is 0. The van der Waals surface area contributed by atoms with Gasteiger partial charge in [0, 0.05) is 0 Å². The van der Waals surface area contributed by atoms with E-state index in [2.05, 4.69) is 0 Å². The quantitative estimate of drug-likeness (QED) is 0.457. The molecule has 98 valence electrons. The van der Waals surface area contributed by atoms with E-state index in [-0.39, 0.29) is 0 Å². The van der Waals surface area contributed by atoms with Crippen LogP contribution in [0.25, 0.3) is 0 Å². The van der Waals surface area contributed by atoms with Crippen molar-refractivity contribution in [1.29, 1.82) is 0 Å². The second kappa shape index (κ2) is 3.82. The third kappa shape index (κ3) is 2.03. The number of hydrogen-bond donors (Lipinski definition) is 2. The van der Waals surface area contributed by atoms with Crippen molar-refractivity contribution in [2.45, 2.75) is 16.4 Å². The van der Waals surface area contributed by atoms with Crippen LogP contribution in [0.3, 0.4) is 0 Å². The van der Waals surface area contributed by atoms with Crippen LogP contribution >= 0.6 is 0 Å². The van der Waals surface area contributed by atoms with E-state index in [1.54, 1.807) is 0 Å². The van der Waals surface area contributed by atoms with Gasteiger partial charge >= 0.3 is 26.5 Å². The summed E-state index contributed by atoms with van der Waals surface area (Å²) in [6, 6.07) is 0. The molecule has 1 unspecified atom stereocenters. The Kier molecular flexibility index (Phi) is 3.72. The second-order valence-corrected chi connectivity index (χ2v) is 4.81. The molecular weight excluding hydrogens is 294 g/mol. The minimum atomic E-state index is -6.89. The predicted molar refractivity (Wildman–Crippen MR) is 37.2 cm³/mol. The Morgan fingerprint density at radius 3 is 1.50 bits per heavy atom. The van der Waals surface area contributed by atoms with Gasteiger partial charge in [0.1, 0.15) is 0 Å². The lowest BCUT2D eigenvalue weighted by Crippen LogP contribution is -2.59. The first-order valence-corrected chi connectivity index (χ1v) is 5.45. The molecule has 0 saturated carbocycles. The van der Waals surface area contributed by atoms with Gasteiger partial charge in [-0.25, -0.2) is 4.21 Å². The van der Waals surface area contributed by atoms with Gasteiger partial charge in [-0.1, -0.05) is 0 Å². The van der Waals surface area contributed by atoms with E-state index in [1.807, 2.05) is 0 Å². The van der Waals surface area contributed by atoms with Gasteiger partial charge in [-0.2, -0.15) is 34.8 Å². The molecule has 0 aliphatic rings. The van der Waals surface area contributed by atoms with Crippen molar-refractivity contribution in [3.63, 3.8) is 0 Å². The Morgan fingerprint density at radius 2 is 1.31 bits per heavy atom. The van der Waals surface area contributed by atoms with E-state index in [1.165, 1.54) is 0 Å². The van der Waals surface area contributed by atoms with Crippen molar-refractivity contribution in [1.82, 2.24) is 0 Å². The summed E-state index contributed by atoms with van der Waals surface area (Å²) in [7, 11) is -6.89. The van der Waals surface area contributed by atoms with Gasteiger partial charge in [0.25, 0.3) is 0 Å². The van der Waals surface area contributed by atoms with Gasteiger partial charge in [-0.3, -0.25) is 4.55 Å². The molecule has 0 aromatic carbocycles. The lowest BCUT2D eigenvalue weighted by atomic mass is 10.3. The monoisotopic (exact) mass is 296 g/mol. The van der Waals surface area contributed by atoms with E-state index in [0.717, 1.165) is 0 Å². The van der Waals surface area contributed by atoms with Gasteiger partial charge in [-0.15, -0.1) is 0 Å². The number of rotatable bonds is 4. The molecule has 0 spiro atoms. The van der Waals surface area contributed by atoms with Gasteiger partial charge < -0.3 is 4.55 Å². The topological polar surface area (TPSA) is 91.7 Å². The van der Waals surface area contributed by atoms with E-state index >= 15 is 0 Å². The molecule has 0 aromatic rings. The average Bonchev–Trinajstić information content (AvgIpc) is 2.00. The molecule has 1 atom stereocenters. The van der Waals surface area contributed by atoms with Crippen molar-refractivity contribution in [3.8, 4) is 0 Å². The minimum Gasteiger partial charge on any atom is -0.301 e. The predicted octanol–water partition coefficient (Wildman–Crippen LogP) is 0.917. The van der Waals surface area contributed by atoms with Gasteiger partial charge in [0.15, 0.2) is 0 Å². The molecular formula is C3H2F6O5S2. The van der Waals surface area contributed by atoms with Crippen LogP contribution in [0.2, 0.25) is 0 Å². The van der Waals surface area contributed by atoms with Gasteiger partial charge in [0.2, 0.25) is 11.1 Å². The molecule has 0 saturated heterocycles. The van der Waals surface area contributed by atoms with Crippen molar-refractivity contribution >= 4 is 21.2 Å². The zero-order valence-electron chi connectivity index (χ0n) is 6.70. The van der Waals surface area contributed by atoms with Crippen LogP contribution in [0.5, 0.6) is 0 Å². The maximum atomic E-state index is 12.3. The van der Waals surface area contributed by atoms with Crippen LogP contribution in [-0.2, 0) is 21.2 Å². The number of halogens is 6. The Labute approximate surface area is 86.5 Å². The van der Waals surface area contributed by atoms with Crippen LogP contribution in [0, 0.1) is 0 Å². The van der Waals surface area contributed by atoms with Crippen molar-refractivity contribution in [2.24, 2.45) is 0 Å². The smallest absolute Gasteiger partial charge is 0.301 e. The summed E-state index contributed by atoms with van der Waals surface area (Å²) < 4.78 is 118. The zero-order valence-corrected chi connectivity index (χ0v) is 8.34. The summed E-state index contributed by atoms with van der Waals surface area (Å²) in [5.74, 6) is -6.76. The first kappa shape index (κ1) is 15.6. The first-order chi connectivity index (χ1) is 6.69. The highest BCUT2D eigenvalue weighted by Gasteiger charge is 2.80. The van der Waals surface area contributed by atoms with E-state index in [9.17, 15) is 39.0 Å². The lowest BCUT2D eigenvalue weighted by Gasteiger charge is -2.28. The van der Waals surface area contributed by atoms with Crippen LogP contribution < -0.4 is 0 Å². The molecule has 0 aliphatic heterocycles. The fraction of sp³-hybridized carbons (Fsp3) is 1.00. The molecule has 5 nitrogen and oxygen atoms in total. The van der Waals surface area contributed by atoms with Gasteiger partial charge in [0.05, 0.1) is 0 Å². The average molecular weight is 296 g/mol. The largest absolute Gasteiger partial charge is 0.439 e. The molecule has 16 heavy (non-hydrogen) atoms. The highest BCUT2D eigenvalue weighted by molar-refractivity contribution is 7.87. The summed E-state index contributed by atoms with van der Waals surface area (Å²) in [6.07, 6.45) is 0. The Morgan fingerprint density at radius 1 is 1.00 bits per heavy atom. The fourth-order valence-electron chi connectivity index (χ4n) is 0.441. The standard InChI is InChI=1S/C3H2F6O5S2/c4-1(5,2(6,7)15(10)11)3(8,9)16(12,13)14/h(H,10,11)(H,12,13,14). The Hall–Kier alpha value is -0.400. The van der Waals surface area contributed by atoms with Crippen LogP contribution in [0.1, 0.15) is 0 Å². The Balaban J connectivity index is 5.82. The van der Waals surface area contributed by atoms with Gasteiger partial charge in [-0.05, 0) is 0 Å². The molecule has 0 fully saturated rings. The van der Waals surface area contributed by atoms with E-state index < -0.39 is 37.6 Å². The third-order valence-corrected chi connectivity index (χ3v) is 2.87. The zero-order chi connectivity index (χ0) is 13.6. The first-order valence-electron chi connectivity index (χ1n) is 2.91. The summed E-state index contributed by atoms with van der Waals surface area (Å²) >= 11 is -4.77. The summed E-state index contributed by atoms with van der Waals surface area (Å²) in [6.45, 7) is 0. The van der Waals surface area contributed by atoms with E-state index in [0.29, 0.717) is 0 Å². The summed E-state index contributed by atoms with van der Waals surface area (Å²) in [5.41, 5.74) is 0. The molecule has 0 rings (SSSR count). The maximum absolute atomic E-state index is 12.3. The number of hydrogen-bond acceptors (Lipinski definition) is 3. The van der Waals surface area contributed by atoms with Crippen molar-refractivity contribution < 1.29 is 48.1 Å². The summed E-state index contributed by atoms with van der Waals surface area (Å²) in [5, 5.41) is -12.9. The molecule has 0 aliphatic carbocycles. The van der Waals surface area contributed by atoms with Crippen molar-refractivity contribution in [2.75, 3.05) is 0 Å². The number of alkyl halides is 6. The third-order valence-electron chi connectivity index (χ3n) is 1.27. The highest BCUT2D eigenvalue weighted by Crippen LogP contribution is 2.49. The molecule has 13 heteroatoms. The SMILES string of the molecule is O=S(O)C(F)(F)C(F)(F)C(F)(F)S(=O)(=O)O. The molecule has 0 radical (unpaired) electrons. The minimum absolute atomic E-state index is 4.77. The lowest BCUT2D eigenvalue weighted by molar-refractivity contribution is -0.245. The maximum Gasteiger partial charge on any atom is 0.439 e. The fourth-order valence-corrected chi connectivity index (χ4v) is 1.31. The highest BCUT2D eigenvalue weighted by atomic mass is 32.2. The van der Waals surface area contributed by atoms with E-state index in [4.69, 9.17) is 9.11 Å². The molecule has 2 N–H and O–H groups in total. The second-order valence-electron chi connectivity index (χ2n) is 2.33. The molecule has 0 heterocycles. The van der Waals surface area contributed by atoms with Crippen LogP contribution in [-0.4, -0.2) is 38.2 Å². The van der Waals surface area contributed by atoms with Crippen LogP contribution in [0.15, 0.2) is 0 Å². The Bertz CT molecular complexity index is 400. The van der Waals surface area contributed by atoms with Crippen molar-refractivity contribution in [3.05, 3.63) is 0 Å². The molecule has 0 amide bonds.